The summed E-state index contributed by atoms with van der Waals surface area (Å²) >= 11 is 1.79. The molecule has 6 heteroatoms. The highest BCUT2D eigenvalue weighted by Crippen LogP contribution is 2.36. The van der Waals surface area contributed by atoms with Crippen LogP contribution in [0.15, 0.2) is 30.3 Å². The van der Waals surface area contributed by atoms with Crippen LogP contribution in [0.25, 0.3) is 0 Å². The zero-order valence-corrected chi connectivity index (χ0v) is 15.8. The molecule has 0 radical (unpaired) electrons. The van der Waals surface area contributed by atoms with E-state index in [4.69, 9.17) is 9.47 Å². The number of aryl methyl sites for hydroxylation is 1. The number of likely N-dealkylation sites (tertiary alicyclic amines) is 1. The molecule has 1 aromatic heterocycles. The molecule has 2 aliphatic rings. The predicted molar refractivity (Wildman–Crippen MR) is 103 cm³/mol. The van der Waals surface area contributed by atoms with Gasteiger partial charge in [0, 0.05) is 28.1 Å². The molecule has 3 heterocycles. The lowest BCUT2D eigenvalue weighted by molar-refractivity contribution is 0.171. The van der Waals surface area contributed by atoms with E-state index in [1.54, 1.807) is 11.3 Å². The van der Waals surface area contributed by atoms with Crippen LogP contribution in [0, 0.1) is 6.92 Å². The van der Waals surface area contributed by atoms with Gasteiger partial charge in [-0.25, -0.2) is 4.79 Å². The number of anilines is 1. The summed E-state index contributed by atoms with van der Waals surface area (Å²) in [6.45, 7) is 4.01. The lowest BCUT2D eigenvalue weighted by atomic mass is 10.1. The topological polar surface area (TPSA) is 50.8 Å². The summed E-state index contributed by atoms with van der Waals surface area (Å²) < 4.78 is 11.2. The molecule has 1 N–H and O–H groups in total. The first-order chi connectivity index (χ1) is 12.7. The molecule has 2 aliphatic heterocycles. The number of ether oxygens (including phenoxy) is 2. The van der Waals surface area contributed by atoms with Crippen molar-refractivity contribution in [1.82, 2.24) is 4.90 Å². The molecule has 0 spiro atoms. The first kappa shape index (κ1) is 17.2. The van der Waals surface area contributed by atoms with Crippen molar-refractivity contribution >= 4 is 23.1 Å². The molecule has 2 amide bonds. The molecule has 1 fully saturated rings. The van der Waals surface area contributed by atoms with Gasteiger partial charge in [-0.2, -0.15) is 0 Å². The van der Waals surface area contributed by atoms with Crippen molar-refractivity contribution in [2.24, 2.45) is 0 Å². The maximum absolute atomic E-state index is 13.0. The van der Waals surface area contributed by atoms with E-state index in [1.165, 1.54) is 16.2 Å². The molecular weight excluding hydrogens is 348 g/mol. The summed E-state index contributed by atoms with van der Waals surface area (Å²) in [5, 5.41) is 3.05. The number of benzene rings is 1. The number of urea groups is 1. The van der Waals surface area contributed by atoms with Gasteiger partial charge in [-0.1, -0.05) is 12.8 Å². The monoisotopic (exact) mass is 372 g/mol. The van der Waals surface area contributed by atoms with Crippen LogP contribution in [0.1, 0.15) is 41.5 Å². The Hall–Kier alpha value is -2.21. The van der Waals surface area contributed by atoms with Crippen molar-refractivity contribution in [3.05, 3.63) is 40.1 Å². The van der Waals surface area contributed by atoms with Crippen LogP contribution in [0.4, 0.5) is 10.5 Å². The number of carbonyl (C=O) groups is 1. The van der Waals surface area contributed by atoms with Crippen LogP contribution >= 0.6 is 11.3 Å². The van der Waals surface area contributed by atoms with Gasteiger partial charge in [-0.15, -0.1) is 11.3 Å². The number of rotatable bonds is 2. The highest BCUT2D eigenvalue weighted by molar-refractivity contribution is 7.12. The van der Waals surface area contributed by atoms with Gasteiger partial charge < -0.3 is 19.7 Å². The summed E-state index contributed by atoms with van der Waals surface area (Å²) in [6.07, 6.45) is 4.41. The Morgan fingerprint density at radius 2 is 1.96 bits per heavy atom. The van der Waals surface area contributed by atoms with Gasteiger partial charge in [0.1, 0.15) is 13.2 Å². The Balaban J connectivity index is 1.53. The van der Waals surface area contributed by atoms with E-state index in [0.717, 1.165) is 37.2 Å². The minimum Gasteiger partial charge on any atom is -0.486 e. The third-order valence-electron chi connectivity index (χ3n) is 4.90. The Morgan fingerprint density at radius 3 is 2.77 bits per heavy atom. The minimum atomic E-state index is -0.0420. The summed E-state index contributed by atoms with van der Waals surface area (Å²) in [4.78, 5) is 17.6. The average Bonchev–Trinajstić information content (AvgIpc) is 2.93. The number of hydrogen-bond donors (Lipinski definition) is 1. The third kappa shape index (κ3) is 3.65. The number of nitrogens with one attached hydrogen (secondary N) is 1. The first-order valence-electron chi connectivity index (χ1n) is 9.24. The largest absolute Gasteiger partial charge is 0.486 e. The molecule has 4 rings (SSSR count). The summed E-state index contributed by atoms with van der Waals surface area (Å²) in [7, 11) is 0. The zero-order chi connectivity index (χ0) is 17.9. The van der Waals surface area contributed by atoms with E-state index in [9.17, 15) is 4.79 Å². The third-order valence-corrected chi connectivity index (χ3v) is 6.00. The Kier molecular flexibility index (Phi) is 5.02. The Bertz CT molecular complexity index is 789. The number of thiophene rings is 1. The molecule has 1 saturated heterocycles. The minimum absolute atomic E-state index is 0.0420. The number of nitrogens with zero attached hydrogens (tertiary/aromatic N) is 1. The van der Waals surface area contributed by atoms with Gasteiger partial charge >= 0.3 is 6.03 Å². The smallest absolute Gasteiger partial charge is 0.322 e. The fourth-order valence-electron chi connectivity index (χ4n) is 3.60. The Labute approximate surface area is 157 Å². The van der Waals surface area contributed by atoms with Crippen molar-refractivity contribution in [2.45, 2.75) is 38.6 Å². The van der Waals surface area contributed by atoms with Gasteiger partial charge in [0.05, 0.1) is 6.04 Å². The molecular formula is C20H24N2O3S. The quantitative estimate of drug-likeness (QED) is 0.809. The lowest BCUT2D eigenvalue weighted by Gasteiger charge is -2.29. The normalized spacial score (nSPS) is 19.7. The van der Waals surface area contributed by atoms with Crippen molar-refractivity contribution in [3.8, 4) is 11.5 Å². The van der Waals surface area contributed by atoms with E-state index in [1.807, 2.05) is 23.1 Å². The van der Waals surface area contributed by atoms with E-state index in [2.05, 4.69) is 24.4 Å². The van der Waals surface area contributed by atoms with Crippen molar-refractivity contribution < 1.29 is 14.3 Å². The second-order valence-electron chi connectivity index (χ2n) is 6.80. The summed E-state index contributed by atoms with van der Waals surface area (Å²) in [5.74, 6) is 1.42. The van der Waals surface area contributed by atoms with E-state index < -0.39 is 0 Å². The van der Waals surface area contributed by atoms with Crippen LogP contribution in [0.3, 0.4) is 0 Å². The SMILES string of the molecule is Cc1ccc([C@H]2CCCCCN2C(=O)Nc2ccc3c(c2)OCCO3)s1. The first-order valence-corrected chi connectivity index (χ1v) is 10.1. The van der Waals surface area contributed by atoms with Crippen molar-refractivity contribution in [2.75, 3.05) is 25.1 Å². The van der Waals surface area contributed by atoms with Crippen molar-refractivity contribution in [1.29, 1.82) is 0 Å². The van der Waals surface area contributed by atoms with Gasteiger partial charge in [0.25, 0.3) is 0 Å². The molecule has 0 aliphatic carbocycles. The molecule has 0 saturated carbocycles. The molecule has 0 bridgehead atoms. The van der Waals surface area contributed by atoms with Crippen LogP contribution < -0.4 is 14.8 Å². The summed E-state index contributed by atoms with van der Waals surface area (Å²) in [6, 6.07) is 9.99. The van der Waals surface area contributed by atoms with Gasteiger partial charge in [-0.3, -0.25) is 0 Å². The fraction of sp³-hybridized carbons (Fsp3) is 0.450. The van der Waals surface area contributed by atoms with Crippen molar-refractivity contribution in [3.63, 3.8) is 0 Å². The van der Waals surface area contributed by atoms with E-state index in [0.29, 0.717) is 19.0 Å². The fourth-order valence-corrected chi connectivity index (χ4v) is 4.62. The van der Waals surface area contributed by atoms with Gasteiger partial charge in [-0.05, 0) is 44.0 Å². The number of fused-ring (bicyclic) bond motifs is 1. The van der Waals surface area contributed by atoms with Crippen LogP contribution in [0.2, 0.25) is 0 Å². The maximum Gasteiger partial charge on any atom is 0.322 e. The maximum atomic E-state index is 13.0. The second kappa shape index (κ2) is 7.58. The molecule has 5 nitrogen and oxygen atoms in total. The lowest BCUT2D eigenvalue weighted by Crippen LogP contribution is -2.37. The Morgan fingerprint density at radius 1 is 1.12 bits per heavy atom. The highest BCUT2D eigenvalue weighted by atomic mass is 32.1. The standard InChI is InChI=1S/C20H24N2O3S/c1-14-6-9-19(26-14)16-5-3-2-4-10-22(16)20(23)21-15-7-8-17-18(13-15)25-12-11-24-17/h6-9,13,16H,2-5,10-12H2,1H3,(H,21,23)/t16-/m1/s1. The highest BCUT2D eigenvalue weighted by Gasteiger charge is 2.28. The molecule has 1 aromatic carbocycles. The molecule has 138 valence electrons. The predicted octanol–water partition coefficient (Wildman–Crippen LogP) is 4.98. The summed E-state index contributed by atoms with van der Waals surface area (Å²) in [5.41, 5.74) is 0.740. The zero-order valence-electron chi connectivity index (χ0n) is 15.0. The van der Waals surface area contributed by atoms with Gasteiger partial charge in [0.15, 0.2) is 11.5 Å². The molecule has 26 heavy (non-hydrogen) atoms. The van der Waals surface area contributed by atoms with Crippen LogP contribution in [-0.2, 0) is 0 Å². The van der Waals surface area contributed by atoms with E-state index >= 15 is 0 Å². The van der Waals surface area contributed by atoms with E-state index in [-0.39, 0.29) is 12.1 Å². The number of carbonyl (C=O) groups excluding carboxylic acids is 1. The second-order valence-corrected chi connectivity index (χ2v) is 8.12. The molecule has 1 atom stereocenters. The molecule has 2 aromatic rings. The number of hydrogen-bond acceptors (Lipinski definition) is 4. The molecule has 0 unspecified atom stereocenters. The van der Waals surface area contributed by atoms with Gasteiger partial charge in [0.2, 0.25) is 0 Å². The average molecular weight is 372 g/mol. The number of amides is 2. The van der Waals surface area contributed by atoms with Crippen LogP contribution in [-0.4, -0.2) is 30.7 Å². The van der Waals surface area contributed by atoms with Crippen LogP contribution in [0.5, 0.6) is 11.5 Å².